The first-order chi connectivity index (χ1) is 15.1. The molecule has 0 aliphatic rings. The minimum atomic E-state index is -4.01. The molecule has 0 saturated heterocycles. The van der Waals surface area contributed by atoms with Gasteiger partial charge in [-0.15, -0.1) is 0 Å². The van der Waals surface area contributed by atoms with Crippen molar-refractivity contribution in [2.45, 2.75) is 11.4 Å². The van der Waals surface area contributed by atoms with Crippen molar-refractivity contribution in [2.75, 3.05) is 11.9 Å². The van der Waals surface area contributed by atoms with Crippen LogP contribution in [0.25, 0.3) is 0 Å². The molecule has 0 aliphatic carbocycles. The second kappa shape index (κ2) is 10.1. The number of rotatable bonds is 8. The standard InChI is InChI=1S/C22H19Cl2N3O4S/c23-17-5-1-15(2-6-17)13-27(32(30,31)20-11-7-18(24)8-12-20)14-21(28)26-19-9-3-16(4-10-19)22(25)29/h1-12H,13-14H2,(H2,25,29)(H,26,28). The van der Waals surface area contributed by atoms with E-state index in [0.29, 0.717) is 21.3 Å². The summed E-state index contributed by atoms with van der Waals surface area (Å²) in [5.41, 5.74) is 6.56. The molecule has 0 aliphatic heterocycles. The van der Waals surface area contributed by atoms with Crippen LogP contribution in [0.2, 0.25) is 10.0 Å². The van der Waals surface area contributed by atoms with Gasteiger partial charge in [-0.25, -0.2) is 8.42 Å². The average molecular weight is 492 g/mol. The minimum absolute atomic E-state index is 0.00877. The third kappa shape index (κ3) is 6.08. The van der Waals surface area contributed by atoms with E-state index in [0.717, 1.165) is 4.31 Å². The Labute approximate surface area is 195 Å². The SMILES string of the molecule is NC(=O)c1ccc(NC(=O)CN(Cc2ccc(Cl)cc2)S(=O)(=O)c2ccc(Cl)cc2)cc1. The maximum atomic E-state index is 13.2. The molecule has 7 nitrogen and oxygen atoms in total. The van der Waals surface area contributed by atoms with Gasteiger partial charge in [-0.05, 0) is 66.2 Å². The number of nitrogens with one attached hydrogen (secondary N) is 1. The Bertz CT molecular complexity index is 1210. The van der Waals surface area contributed by atoms with Crippen LogP contribution in [0, 0.1) is 0 Å². The summed E-state index contributed by atoms with van der Waals surface area (Å²) in [6, 6.07) is 18.3. The van der Waals surface area contributed by atoms with Gasteiger partial charge >= 0.3 is 0 Å². The summed E-state index contributed by atoms with van der Waals surface area (Å²) in [4.78, 5) is 23.9. The molecule has 0 aromatic heterocycles. The highest BCUT2D eigenvalue weighted by Crippen LogP contribution is 2.21. The number of carbonyl (C=O) groups is 2. The zero-order chi connectivity index (χ0) is 23.3. The highest BCUT2D eigenvalue weighted by molar-refractivity contribution is 7.89. The van der Waals surface area contributed by atoms with Gasteiger partial charge in [-0.3, -0.25) is 9.59 Å². The number of primary amides is 1. The fraction of sp³-hybridized carbons (Fsp3) is 0.0909. The van der Waals surface area contributed by atoms with Crippen molar-refractivity contribution in [3.05, 3.63) is 94.0 Å². The molecule has 0 spiro atoms. The number of hydrogen-bond donors (Lipinski definition) is 2. The van der Waals surface area contributed by atoms with E-state index in [1.54, 1.807) is 24.3 Å². The summed E-state index contributed by atoms with van der Waals surface area (Å²) in [7, 11) is -4.01. The molecule has 3 aromatic rings. The molecule has 10 heteroatoms. The average Bonchev–Trinajstić information content (AvgIpc) is 2.75. The van der Waals surface area contributed by atoms with Crippen molar-refractivity contribution >= 4 is 50.7 Å². The molecule has 0 saturated carbocycles. The van der Waals surface area contributed by atoms with Crippen molar-refractivity contribution in [1.29, 1.82) is 0 Å². The third-order valence-electron chi connectivity index (χ3n) is 4.50. The number of sulfonamides is 1. The first-order valence-electron chi connectivity index (χ1n) is 9.35. The maximum Gasteiger partial charge on any atom is 0.248 e. The Morgan fingerprint density at radius 2 is 1.38 bits per heavy atom. The maximum absolute atomic E-state index is 13.2. The topological polar surface area (TPSA) is 110 Å². The molecule has 3 rings (SSSR count). The van der Waals surface area contributed by atoms with Gasteiger partial charge in [0.05, 0.1) is 11.4 Å². The largest absolute Gasteiger partial charge is 0.366 e. The van der Waals surface area contributed by atoms with Gasteiger partial charge in [0.2, 0.25) is 21.8 Å². The van der Waals surface area contributed by atoms with Crippen LogP contribution in [0.1, 0.15) is 15.9 Å². The lowest BCUT2D eigenvalue weighted by atomic mass is 10.2. The van der Waals surface area contributed by atoms with Gasteiger partial charge < -0.3 is 11.1 Å². The van der Waals surface area contributed by atoms with E-state index in [1.165, 1.54) is 48.5 Å². The van der Waals surface area contributed by atoms with Gasteiger partial charge in [-0.2, -0.15) is 4.31 Å². The van der Waals surface area contributed by atoms with Crippen LogP contribution in [0.4, 0.5) is 5.69 Å². The molecule has 0 atom stereocenters. The smallest absolute Gasteiger partial charge is 0.248 e. The fourth-order valence-corrected chi connectivity index (χ4v) is 4.49. The molecular formula is C22H19Cl2N3O4S. The van der Waals surface area contributed by atoms with Crippen LogP contribution in [-0.4, -0.2) is 31.1 Å². The van der Waals surface area contributed by atoms with Crippen molar-refractivity contribution < 1.29 is 18.0 Å². The number of carbonyl (C=O) groups excluding carboxylic acids is 2. The molecule has 166 valence electrons. The van der Waals surface area contributed by atoms with Crippen LogP contribution in [-0.2, 0) is 21.4 Å². The molecule has 2 amide bonds. The van der Waals surface area contributed by atoms with Crippen molar-refractivity contribution in [3.63, 3.8) is 0 Å². The van der Waals surface area contributed by atoms with Crippen LogP contribution < -0.4 is 11.1 Å². The molecule has 0 unspecified atom stereocenters. The number of amides is 2. The van der Waals surface area contributed by atoms with E-state index in [2.05, 4.69) is 5.32 Å². The summed E-state index contributed by atoms with van der Waals surface area (Å²) >= 11 is 11.8. The predicted molar refractivity (Wildman–Crippen MR) is 124 cm³/mol. The van der Waals surface area contributed by atoms with Crippen LogP contribution in [0.15, 0.2) is 77.7 Å². The van der Waals surface area contributed by atoms with Crippen LogP contribution >= 0.6 is 23.2 Å². The van der Waals surface area contributed by atoms with Gasteiger partial charge in [-0.1, -0.05) is 35.3 Å². The Balaban J connectivity index is 1.84. The van der Waals surface area contributed by atoms with E-state index < -0.39 is 28.4 Å². The van der Waals surface area contributed by atoms with Crippen LogP contribution in [0.5, 0.6) is 0 Å². The quantitative estimate of drug-likeness (QED) is 0.497. The second-order valence-corrected chi connectivity index (χ2v) is 9.65. The lowest BCUT2D eigenvalue weighted by Crippen LogP contribution is -2.37. The number of hydrogen-bond acceptors (Lipinski definition) is 4. The third-order valence-corrected chi connectivity index (χ3v) is 6.81. The molecule has 0 fully saturated rings. The number of halogens is 2. The molecule has 3 N–H and O–H groups in total. The zero-order valence-corrected chi connectivity index (χ0v) is 19.0. The fourth-order valence-electron chi connectivity index (χ4n) is 2.85. The van der Waals surface area contributed by atoms with E-state index in [-0.39, 0.29) is 17.0 Å². The molecular weight excluding hydrogens is 473 g/mol. The summed E-state index contributed by atoms with van der Waals surface area (Å²) in [5.74, 6) is -1.14. The van der Waals surface area contributed by atoms with Gasteiger partial charge in [0.1, 0.15) is 0 Å². The summed E-state index contributed by atoms with van der Waals surface area (Å²) < 4.78 is 27.6. The lowest BCUT2D eigenvalue weighted by Gasteiger charge is -2.22. The van der Waals surface area contributed by atoms with E-state index in [1.807, 2.05) is 0 Å². The second-order valence-electron chi connectivity index (χ2n) is 6.84. The first-order valence-corrected chi connectivity index (χ1v) is 11.5. The van der Waals surface area contributed by atoms with E-state index >= 15 is 0 Å². The number of benzene rings is 3. The van der Waals surface area contributed by atoms with Gasteiger partial charge in [0.15, 0.2) is 0 Å². The Kier molecular flexibility index (Phi) is 7.52. The van der Waals surface area contributed by atoms with Crippen LogP contribution in [0.3, 0.4) is 0 Å². The molecule has 3 aromatic carbocycles. The van der Waals surface area contributed by atoms with E-state index in [4.69, 9.17) is 28.9 Å². The number of anilines is 1. The summed E-state index contributed by atoms with van der Waals surface area (Å²) in [6.07, 6.45) is 0. The normalized spacial score (nSPS) is 11.3. The Morgan fingerprint density at radius 3 is 1.91 bits per heavy atom. The summed E-state index contributed by atoms with van der Waals surface area (Å²) in [6.45, 7) is -0.485. The number of nitrogens with zero attached hydrogens (tertiary/aromatic N) is 1. The predicted octanol–water partition coefficient (Wildman–Crippen LogP) is 3.92. The highest BCUT2D eigenvalue weighted by atomic mass is 35.5. The van der Waals surface area contributed by atoms with Crippen molar-refractivity contribution in [1.82, 2.24) is 4.31 Å². The molecule has 0 bridgehead atoms. The molecule has 32 heavy (non-hydrogen) atoms. The lowest BCUT2D eigenvalue weighted by molar-refractivity contribution is -0.116. The minimum Gasteiger partial charge on any atom is -0.366 e. The van der Waals surface area contributed by atoms with Crippen molar-refractivity contribution in [3.8, 4) is 0 Å². The highest BCUT2D eigenvalue weighted by Gasteiger charge is 2.27. The Hall–Kier alpha value is -2.91. The van der Waals surface area contributed by atoms with E-state index in [9.17, 15) is 18.0 Å². The molecule has 0 radical (unpaired) electrons. The Morgan fingerprint density at radius 1 is 0.844 bits per heavy atom. The first kappa shape index (κ1) is 23.7. The monoisotopic (exact) mass is 491 g/mol. The molecule has 0 heterocycles. The van der Waals surface area contributed by atoms with Gasteiger partial charge in [0.25, 0.3) is 0 Å². The van der Waals surface area contributed by atoms with Gasteiger partial charge in [0, 0.05) is 27.8 Å². The van der Waals surface area contributed by atoms with Crippen molar-refractivity contribution in [2.24, 2.45) is 5.73 Å². The number of nitrogens with two attached hydrogens (primary N) is 1. The summed E-state index contributed by atoms with van der Waals surface area (Å²) in [5, 5.41) is 3.53. The zero-order valence-electron chi connectivity index (χ0n) is 16.7.